The van der Waals surface area contributed by atoms with Crippen LogP contribution in [-0.2, 0) is 9.53 Å². The van der Waals surface area contributed by atoms with Gasteiger partial charge in [0, 0.05) is 57.6 Å². The number of hydrogen-bond acceptors (Lipinski definition) is 7. The van der Waals surface area contributed by atoms with Crippen LogP contribution in [0.25, 0.3) is 11.0 Å². The number of aromatic nitrogens is 2. The van der Waals surface area contributed by atoms with Crippen LogP contribution in [0.15, 0.2) is 24.5 Å². The normalized spacial score (nSPS) is 22.6. The van der Waals surface area contributed by atoms with Gasteiger partial charge in [-0.1, -0.05) is 6.92 Å². The third-order valence-corrected chi connectivity index (χ3v) is 5.85. The number of anilines is 1. The van der Waals surface area contributed by atoms with Crippen molar-refractivity contribution in [2.45, 2.75) is 25.8 Å². The molecule has 4 rings (SSSR count). The molecule has 2 aliphatic heterocycles. The maximum atomic E-state index is 12.6. The predicted molar refractivity (Wildman–Crippen MR) is 114 cm³/mol. The number of ether oxygens (including phenoxy) is 1. The van der Waals surface area contributed by atoms with E-state index in [0.29, 0.717) is 23.4 Å². The topological polar surface area (TPSA) is 94.4 Å². The van der Waals surface area contributed by atoms with Gasteiger partial charge >= 0.3 is 0 Å². The van der Waals surface area contributed by atoms with E-state index in [4.69, 9.17) is 4.74 Å². The fourth-order valence-electron chi connectivity index (χ4n) is 4.43. The van der Waals surface area contributed by atoms with Crippen molar-refractivity contribution in [1.29, 1.82) is 5.26 Å². The SMILES string of the molecule is CC1CC(NC(=O)CCN2CCOCC2)CN(c2ccc(C#N)c3nccnc23)C1. The summed E-state index contributed by atoms with van der Waals surface area (Å²) in [5.74, 6) is 0.538. The number of nitrogens with one attached hydrogen (secondary N) is 1. The van der Waals surface area contributed by atoms with Gasteiger partial charge in [-0.25, -0.2) is 0 Å². The minimum Gasteiger partial charge on any atom is -0.379 e. The summed E-state index contributed by atoms with van der Waals surface area (Å²) in [7, 11) is 0. The quantitative estimate of drug-likeness (QED) is 0.802. The summed E-state index contributed by atoms with van der Waals surface area (Å²) in [5, 5.41) is 12.6. The molecule has 0 saturated carbocycles. The lowest BCUT2D eigenvalue weighted by molar-refractivity contribution is -0.122. The molecule has 0 aliphatic carbocycles. The Labute approximate surface area is 176 Å². The zero-order chi connectivity index (χ0) is 20.9. The molecule has 2 unspecified atom stereocenters. The largest absolute Gasteiger partial charge is 0.379 e. The van der Waals surface area contributed by atoms with E-state index < -0.39 is 0 Å². The summed E-state index contributed by atoms with van der Waals surface area (Å²) >= 11 is 0. The van der Waals surface area contributed by atoms with E-state index in [2.05, 4.69) is 38.1 Å². The molecule has 2 atom stereocenters. The Kier molecular flexibility index (Phi) is 6.41. The summed E-state index contributed by atoms with van der Waals surface area (Å²) in [6.45, 7) is 7.88. The first-order valence-electron chi connectivity index (χ1n) is 10.6. The number of fused-ring (bicyclic) bond motifs is 1. The van der Waals surface area contributed by atoms with E-state index in [0.717, 1.165) is 63.6 Å². The van der Waals surface area contributed by atoms with Crippen molar-refractivity contribution in [2.24, 2.45) is 5.92 Å². The molecule has 0 bridgehead atoms. The van der Waals surface area contributed by atoms with Crippen molar-refractivity contribution in [1.82, 2.24) is 20.2 Å². The van der Waals surface area contributed by atoms with Gasteiger partial charge < -0.3 is 15.0 Å². The maximum Gasteiger partial charge on any atom is 0.221 e. The smallest absolute Gasteiger partial charge is 0.221 e. The molecule has 158 valence electrons. The van der Waals surface area contributed by atoms with Crippen molar-refractivity contribution in [3.05, 3.63) is 30.1 Å². The fraction of sp³-hybridized carbons (Fsp3) is 0.545. The van der Waals surface area contributed by atoms with Gasteiger partial charge in [0.25, 0.3) is 0 Å². The molecule has 1 aromatic carbocycles. The predicted octanol–water partition coefficient (Wildman–Crippen LogP) is 1.55. The summed E-state index contributed by atoms with van der Waals surface area (Å²) < 4.78 is 5.36. The summed E-state index contributed by atoms with van der Waals surface area (Å²) in [4.78, 5) is 26.0. The van der Waals surface area contributed by atoms with Gasteiger partial charge in [0.05, 0.1) is 24.5 Å². The van der Waals surface area contributed by atoms with Gasteiger partial charge in [-0.2, -0.15) is 5.26 Å². The molecule has 2 saturated heterocycles. The van der Waals surface area contributed by atoms with Crippen molar-refractivity contribution < 1.29 is 9.53 Å². The molecule has 2 aromatic rings. The molecule has 1 aromatic heterocycles. The lowest BCUT2D eigenvalue weighted by Crippen LogP contribution is -2.51. The van der Waals surface area contributed by atoms with Gasteiger partial charge in [-0.15, -0.1) is 0 Å². The minimum atomic E-state index is 0.0910. The molecule has 2 fully saturated rings. The number of piperidine rings is 1. The molecule has 30 heavy (non-hydrogen) atoms. The number of amides is 1. The van der Waals surface area contributed by atoms with Gasteiger partial charge in [-0.05, 0) is 24.5 Å². The molecule has 1 N–H and O–H groups in total. The van der Waals surface area contributed by atoms with E-state index in [1.165, 1.54) is 0 Å². The number of rotatable bonds is 5. The Bertz CT molecular complexity index is 937. The number of nitriles is 1. The van der Waals surface area contributed by atoms with Crippen LogP contribution in [0.1, 0.15) is 25.3 Å². The second-order valence-electron chi connectivity index (χ2n) is 8.21. The molecule has 2 aliphatic rings. The van der Waals surface area contributed by atoms with Crippen LogP contribution < -0.4 is 10.2 Å². The highest BCUT2D eigenvalue weighted by atomic mass is 16.5. The highest BCUT2D eigenvalue weighted by molar-refractivity contribution is 5.92. The second kappa shape index (κ2) is 9.37. The van der Waals surface area contributed by atoms with Crippen LogP contribution >= 0.6 is 0 Å². The lowest BCUT2D eigenvalue weighted by Gasteiger charge is -2.38. The van der Waals surface area contributed by atoms with Crippen LogP contribution in [0.5, 0.6) is 0 Å². The van der Waals surface area contributed by atoms with Crippen LogP contribution in [0, 0.1) is 17.2 Å². The number of morpholine rings is 1. The number of carbonyl (C=O) groups is 1. The summed E-state index contributed by atoms with van der Waals surface area (Å²) in [6, 6.07) is 6.04. The van der Waals surface area contributed by atoms with Crippen molar-refractivity contribution in [3.8, 4) is 6.07 Å². The fourth-order valence-corrected chi connectivity index (χ4v) is 4.43. The average Bonchev–Trinajstić information content (AvgIpc) is 2.77. The molecule has 3 heterocycles. The molecule has 8 heteroatoms. The van der Waals surface area contributed by atoms with Crippen LogP contribution in [0.3, 0.4) is 0 Å². The maximum absolute atomic E-state index is 12.6. The van der Waals surface area contributed by atoms with Gasteiger partial charge in [-0.3, -0.25) is 19.7 Å². The van der Waals surface area contributed by atoms with E-state index in [-0.39, 0.29) is 11.9 Å². The van der Waals surface area contributed by atoms with E-state index in [1.807, 2.05) is 12.1 Å². The molecule has 1 amide bonds. The molecular weight excluding hydrogens is 380 g/mol. The van der Waals surface area contributed by atoms with Crippen molar-refractivity contribution in [3.63, 3.8) is 0 Å². The van der Waals surface area contributed by atoms with E-state index in [1.54, 1.807) is 12.4 Å². The third kappa shape index (κ3) is 4.69. The zero-order valence-corrected chi connectivity index (χ0v) is 17.4. The summed E-state index contributed by atoms with van der Waals surface area (Å²) in [5.41, 5.74) is 2.86. The van der Waals surface area contributed by atoms with E-state index >= 15 is 0 Å². The first-order valence-corrected chi connectivity index (χ1v) is 10.6. The first-order chi connectivity index (χ1) is 14.6. The lowest BCUT2D eigenvalue weighted by atomic mass is 9.95. The summed E-state index contributed by atoms with van der Waals surface area (Å²) in [6.07, 6.45) is 4.74. The van der Waals surface area contributed by atoms with Crippen LogP contribution in [-0.4, -0.2) is 72.8 Å². The molecule has 8 nitrogen and oxygen atoms in total. The minimum absolute atomic E-state index is 0.0910. The highest BCUT2D eigenvalue weighted by Gasteiger charge is 2.28. The van der Waals surface area contributed by atoms with Gasteiger partial charge in [0.2, 0.25) is 5.91 Å². The number of carbonyl (C=O) groups excluding carboxylic acids is 1. The Morgan fingerprint density at radius 2 is 2.00 bits per heavy atom. The van der Waals surface area contributed by atoms with E-state index in [9.17, 15) is 10.1 Å². The third-order valence-electron chi connectivity index (χ3n) is 5.85. The zero-order valence-electron chi connectivity index (χ0n) is 17.4. The van der Waals surface area contributed by atoms with Crippen molar-refractivity contribution >= 4 is 22.6 Å². The highest BCUT2D eigenvalue weighted by Crippen LogP contribution is 2.30. The Morgan fingerprint density at radius 1 is 1.23 bits per heavy atom. The Balaban J connectivity index is 1.43. The van der Waals surface area contributed by atoms with Crippen LogP contribution in [0.2, 0.25) is 0 Å². The number of benzene rings is 1. The monoisotopic (exact) mass is 408 g/mol. The number of nitrogens with zero attached hydrogens (tertiary/aromatic N) is 5. The Hall–Kier alpha value is -2.76. The molecule has 0 spiro atoms. The molecule has 0 radical (unpaired) electrons. The first kappa shape index (κ1) is 20.5. The van der Waals surface area contributed by atoms with Gasteiger partial charge in [0.15, 0.2) is 0 Å². The van der Waals surface area contributed by atoms with Crippen molar-refractivity contribution in [2.75, 3.05) is 50.8 Å². The van der Waals surface area contributed by atoms with Crippen LogP contribution in [0.4, 0.5) is 5.69 Å². The number of hydrogen-bond donors (Lipinski definition) is 1. The molecular formula is C22H28N6O2. The van der Waals surface area contributed by atoms with Gasteiger partial charge in [0.1, 0.15) is 17.1 Å². The second-order valence-corrected chi connectivity index (χ2v) is 8.21. The standard InChI is InChI=1S/C22H28N6O2/c1-16-12-18(26-20(29)4-7-27-8-10-30-11-9-27)15-28(14-16)19-3-2-17(13-23)21-22(19)25-6-5-24-21/h2-3,5-6,16,18H,4,7-12,14-15H2,1H3,(H,26,29). The Morgan fingerprint density at radius 3 is 2.77 bits per heavy atom. The average molecular weight is 409 g/mol.